The van der Waals surface area contributed by atoms with Crippen molar-refractivity contribution >= 4 is 17.7 Å². The highest BCUT2D eigenvalue weighted by Crippen LogP contribution is 2.33. The molecule has 0 aromatic heterocycles. The number of nitrogens with one attached hydrogen (secondary N) is 1. The summed E-state index contributed by atoms with van der Waals surface area (Å²) in [5.74, 6) is 1.03. The van der Waals surface area contributed by atoms with E-state index in [1.807, 2.05) is 12.4 Å². The second-order valence-corrected chi connectivity index (χ2v) is 8.57. The number of hydrogen-bond acceptors (Lipinski definition) is 5. The van der Waals surface area contributed by atoms with Crippen molar-refractivity contribution in [3.05, 3.63) is 41.6 Å². The van der Waals surface area contributed by atoms with E-state index in [0.29, 0.717) is 0 Å². The number of nitrogens with zero attached hydrogens (tertiary/aromatic N) is 4. The Morgan fingerprint density at radius 2 is 1.89 bits per heavy atom. The SMILES string of the molecule is CCN=CC1=CN=C(Nc2ccc(CN3CCN(C)CC3)cc2)CCC1(C)C.[HH]. The number of amidine groups is 1. The van der Waals surface area contributed by atoms with Crippen molar-refractivity contribution in [3.63, 3.8) is 0 Å². The molecule has 28 heavy (non-hydrogen) atoms. The fourth-order valence-electron chi connectivity index (χ4n) is 3.58. The maximum absolute atomic E-state index is 4.71. The first-order valence-electron chi connectivity index (χ1n) is 10.5. The molecule has 0 bridgehead atoms. The van der Waals surface area contributed by atoms with Gasteiger partial charge in [-0.3, -0.25) is 9.89 Å². The third-order valence-corrected chi connectivity index (χ3v) is 5.79. The van der Waals surface area contributed by atoms with Crippen molar-refractivity contribution in [2.45, 2.75) is 40.2 Å². The van der Waals surface area contributed by atoms with Crippen LogP contribution in [0.25, 0.3) is 0 Å². The zero-order valence-electron chi connectivity index (χ0n) is 17.9. The van der Waals surface area contributed by atoms with Gasteiger partial charge in [0.2, 0.25) is 0 Å². The van der Waals surface area contributed by atoms with Gasteiger partial charge in [-0.15, -0.1) is 0 Å². The molecule has 0 saturated carbocycles. The molecule has 1 saturated heterocycles. The average Bonchev–Trinajstić information content (AvgIpc) is 2.82. The van der Waals surface area contributed by atoms with Crippen LogP contribution < -0.4 is 5.32 Å². The quantitative estimate of drug-likeness (QED) is 0.772. The van der Waals surface area contributed by atoms with E-state index in [1.54, 1.807) is 0 Å². The molecule has 1 aromatic rings. The topological polar surface area (TPSA) is 43.2 Å². The van der Waals surface area contributed by atoms with Gasteiger partial charge in [0, 0.05) is 65.2 Å². The summed E-state index contributed by atoms with van der Waals surface area (Å²) >= 11 is 0. The molecule has 5 heteroatoms. The van der Waals surface area contributed by atoms with Gasteiger partial charge in [-0.1, -0.05) is 26.0 Å². The van der Waals surface area contributed by atoms with E-state index >= 15 is 0 Å². The molecule has 0 unspecified atom stereocenters. The Labute approximate surface area is 171 Å². The fourth-order valence-corrected chi connectivity index (χ4v) is 3.58. The number of likely N-dealkylation sites (N-methyl/N-ethyl adjacent to an activating group) is 1. The molecule has 1 fully saturated rings. The molecule has 0 aliphatic carbocycles. The highest BCUT2D eigenvalue weighted by molar-refractivity contribution is 5.96. The van der Waals surface area contributed by atoms with E-state index in [0.717, 1.165) is 63.6 Å². The number of aliphatic imine (C=N–C) groups is 2. The Bertz CT molecular complexity index is 728. The van der Waals surface area contributed by atoms with Gasteiger partial charge in [-0.05, 0) is 49.1 Å². The third kappa shape index (κ3) is 5.76. The van der Waals surface area contributed by atoms with Crippen LogP contribution in [0.5, 0.6) is 0 Å². The summed E-state index contributed by atoms with van der Waals surface area (Å²) in [6.45, 7) is 13.1. The second-order valence-electron chi connectivity index (χ2n) is 8.57. The number of benzene rings is 1. The summed E-state index contributed by atoms with van der Waals surface area (Å²) in [6.07, 6.45) is 5.97. The van der Waals surface area contributed by atoms with Gasteiger partial charge in [0.25, 0.3) is 0 Å². The highest BCUT2D eigenvalue weighted by Gasteiger charge is 2.25. The summed E-state index contributed by atoms with van der Waals surface area (Å²) in [7, 11) is 2.20. The van der Waals surface area contributed by atoms with E-state index in [-0.39, 0.29) is 6.84 Å². The van der Waals surface area contributed by atoms with E-state index in [9.17, 15) is 0 Å². The summed E-state index contributed by atoms with van der Waals surface area (Å²) in [5.41, 5.74) is 3.78. The molecule has 1 N–H and O–H groups in total. The minimum absolute atomic E-state index is 0. The number of allylic oxidation sites excluding steroid dienone is 1. The predicted octanol–water partition coefficient (Wildman–Crippen LogP) is 4.29. The van der Waals surface area contributed by atoms with E-state index in [4.69, 9.17) is 4.99 Å². The van der Waals surface area contributed by atoms with Gasteiger partial charge >= 0.3 is 0 Å². The first kappa shape index (κ1) is 20.7. The van der Waals surface area contributed by atoms with Crippen LogP contribution in [0.2, 0.25) is 0 Å². The average molecular weight is 384 g/mol. The Kier molecular flexibility index (Phi) is 7.03. The van der Waals surface area contributed by atoms with Crippen molar-refractivity contribution in [3.8, 4) is 0 Å². The van der Waals surface area contributed by atoms with Crippen LogP contribution in [-0.2, 0) is 6.54 Å². The Morgan fingerprint density at radius 3 is 2.57 bits per heavy atom. The molecule has 0 atom stereocenters. The number of hydrogen-bond donors (Lipinski definition) is 1. The van der Waals surface area contributed by atoms with Crippen molar-refractivity contribution in [2.24, 2.45) is 15.4 Å². The molecule has 1 aromatic carbocycles. The Morgan fingerprint density at radius 1 is 1.18 bits per heavy atom. The van der Waals surface area contributed by atoms with Crippen LogP contribution in [0.1, 0.15) is 40.6 Å². The highest BCUT2D eigenvalue weighted by atomic mass is 15.2. The van der Waals surface area contributed by atoms with Gasteiger partial charge in [0.15, 0.2) is 0 Å². The monoisotopic (exact) mass is 383 g/mol. The molecule has 3 rings (SSSR count). The smallest absolute Gasteiger partial charge is 0.106 e. The van der Waals surface area contributed by atoms with Crippen LogP contribution >= 0.6 is 0 Å². The van der Waals surface area contributed by atoms with Crippen LogP contribution in [0, 0.1) is 5.41 Å². The van der Waals surface area contributed by atoms with E-state index < -0.39 is 0 Å². The van der Waals surface area contributed by atoms with Gasteiger partial charge in [0.05, 0.1) is 0 Å². The van der Waals surface area contributed by atoms with Gasteiger partial charge < -0.3 is 10.2 Å². The summed E-state index contributed by atoms with van der Waals surface area (Å²) in [4.78, 5) is 14.1. The van der Waals surface area contributed by atoms with Crippen molar-refractivity contribution < 1.29 is 1.43 Å². The molecule has 0 amide bonds. The minimum Gasteiger partial charge on any atom is -0.344 e. The lowest BCUT2D eigenvalue weighted by atomic mass is 9.81. The lowest BCUT2D eigenvalue weighted by molar-refractivity contribution is 0.148. The van der Waals surface area contributed by atoms with E-state index in [2.05, 4.69) is 72.2 Å². The lowest BCUT2D eigenvalue weighted by Gasteiger charge is -2.32. The minimum atomic E-state index is 0. The van der Waals surface area contributed by atoms with Gasteiger partial charge in [0.1, 0.15) is 5.84 Å². The maximum atomic E-state index is 4.71. The number of anilines is 1. The Balaban J connectivity index is 0.00000300. The second kappa shape index (κ2) is 9.48. The molecule has 5 nitrogen and oxygen atoms in total. The first-order valence-corrected chi connectivity index (χ1v) is 10.5. The zero-order valence-corrected chi connectivity index (χ0v) is 17.9. The molecule has 0 radical (unpaired) electrons. The van der Waals surface area contributed by atoms with Crippen LogP contribution in [0.3, 0.4) is 0 Å². The number of rotatable bonds is 5. The normalized spacial score (nSPS) is 21.3. The lowest BCUT2D eigenvalue weighted by Crippen LogP contribution is -2.43. The number of piperazine rings is 1. The molecular weight excluding hydrogens is 346 g/mol. The zero-order chi connectivity index (χ0) is 20.0. The van der Waals surface area contributed by atoms with Crippen LogP contribution in [0.15, 0.2) is 46.0 Å². The summed E-state index contributed by atoms with van der Waals surface area (Å²) in [6, 6.07) is 8.81. The Hall–Kier alpha value is -1.98. The molecule has 2 aliphatic heterocycles. The standard InChI is InChI=1S/C23H35N5.H2/c1-5-24-16-20-17-25-22(10-11-23(20,2)3)26-21-8-6-19(7-9-21)18-28-14-12-27(4)13-15-28;/h6-9,16-17H,5,10-15,18H2,1-4H3,(H,25,26);1H. The van der Waals surface area contributed by atoms with Crippen molar-refractivity contribution in [1.82, 2.24) is 9.80 Å². The molecule has 154 valence electrons. The fraction of sp³-hybridized carbons (Fsp3) is 0.565. The first-order chi connectivity index (χ1) is 13.5. The van der Waals surface area contributed by atoms with Crippen molar-refractivity contribution in [2.75, 3.05) is 45.1 Å². The molecule has 0 spiro atoms. The van der Waals surface area contributed by atoms with Crippen molar-refractivity contribution in [1.29, 1.82) is 0 Å². The van der Waals surface area contributed by atoms with Crippen LogP contribution in [0.4, 0.5) is 5.69 Å². The maximum Gasteiger partial charge on any atom is 0.106 e. The predicted molar refractivity (Wildman–Crippen MR) is 123 cm³/mol. The molecule has 2 heterocycles. The third-order valence-electron chi connectivity index (χ3n) is 5.79. The van der Waals surface area contributed by atoms with Gasteiger partial charge in [-0.2, -0.15) is 0 Å². The van der Waals surface area contributed by atoms with Gasteiger partial charge in [-0.25, -0.2) is 4.99 Å². The molecule has 2 aliphatic rings. The van der Waals surface area contributed by atoms with E-state index in [1.165, 1.54) is 11.1 Å². The molecular formula is C23H37N5. The summed E-state index contributed by atoms with van der Waals surface area (Å²) < 4.78 is 0. The largest absolute Gasteiger partial charge is 0.344 e. The van der Waals surface area contributed by atoms with Crippen LogP contribution in [-0.4, -0.2) is 61.6 Å². The summed E-state index contributed by atoms with van der Waals surface area (Å²) in [5, 5.41) is 3.51.